The van der Waals surface area contributed by atoms with E-state index in [1.807, 2.05) is 0 Å². The fraction of sp³-hybridized carbons (Fsp3) is 0.478. The maximum Gasteiger partial charge on any atom is 0.160 e. The van der Waals surface area contributed by atoms with Gasteiger partial charge in [0.2, 0.25) is 0 Å². The molecule has 0 aromatic heterocycles. The van der Waals surface area contributed by atoms with Crippen molar-refractivity contribution in [3.8, 4) is 11.5 Å². The van der Waals surface area contributed by atoms with Crippen molar-refractivity contribution in [2.45, 2.75) is 50.1 Å². The first kappa shape index (κ1) is 17.4. The first-order chi connectivity index (χ1) is 12.6. The predicted molar refractivity (Wildman–Crippen MR) is 105 cm³/mol. The second-order valence-electron chi connectivity index (χ2n) is 7.86. The van der Waals surface area contributed by atoms with E-state index in [4.69, 9.17) is 9.47 Å². The van der Waals surface area contributed by atoms with Crippen LogP contribution in [0.2, 0.25) is 0 Å². The number of hydrogen-bond acceptors (Lipinski definition) is 3. The minimum Gasteiger partial charge on any atom is -0.493 e. The maximum atomic E-state index is 5.59. The van der Waals surface area contributed by atoms with Crippen LogP contribution in [0.3, 0.4) is 0 Å². The Morgan fingerprint density at radius 1 is 0.885 bits per heavy atom. The van der Waals surface area contributed by atoms with Gasteiger partial charge in [-0.1, -0.05) is 35.9 Å². The number of hydrogen-bond donors (Lipinski definition) is 0. The molecule has 2 fully saturated rings. The highest BCUT2D eigenvalue weighted by molar-refractivity contribution is 5.46. The molecule has 3 heteroatoms. The van der Waals surface area contributed by atoms with Crippen LogP contribution in [0, 0.1) is 6.92 Å². The molecule has 2 heterocycles. The van der Waals surface area contributed by atoms with E-state index in [9.17, 15) is 0 Å². The molecule has 2 bridgehead atoms. The normalized spacial score (nSPS) is 28.2. The molecule has 4 atom stereocenters. The minimum absolute atomic E-state index is 0.487. The lowest BCUT2D eigenvalue weighted by molar-refractivity contribution is 0.137. The van der Waals surface area contributed by atoms with Gasteiger partial charge in [-0.25, -0.2) is 0 Å². The maximum absolute atomic E-state index is 5.59. The summed E-state index contributed by atoms with van der Waals surface area (Å²) in [5.41, 5.74) is 4.16. The van der Waals surface area contributed by atoms with Crippen molar-refractivity contribution in [3.05, 3.63) is 59.2 Å². The van der Waals surface area contributed by atoms with Crippen molar-refractivity contribution < 1.29 is 9.47 Å². The first-order valence-electron chi connectivity index (χ1n) is 9.62. The van der Waals surface area contributed by atoms with Crippen molar-refractivity contribution in [1.82, 2.24) is 4.90 Å². The van der Waals surface area contributed by atoms with Crippen LogP contribution in [0.4, 0.5) is 0 Å². The number of benzene rings is 2. The molecule has 0 saturated carbocycles. The summed E-state index contributed by atoms with van der Waals surface area (Å²) in [4.78, 5) is 2.62. The van der Waals surface area contributed by atoms with E-state index in [0.29, 0.717) is 23.9 Å². The average molecular weight is 351 g/mol. The largest absolute Gasteiger partial charge is 0.493 e. The number of ether oxygens (including phenoxy) is 2. The second kappa shape index (κ2) is 6.96. The van der Waals surface area contributed by atoms with E-state index < -0.39 is 0 Å². The van der Waals surface area contributed by atoms with Crippen molar-refractivity contribution in [2.75, 3.05) is 21.3 Å². The van der Waals surface area contributed by atoms with Gasteiger partial charge in [0.25, 0.3) is 0 Å². The van der Waals surface area contributed by atoms with Crippen LogP contribution in [0.15, 0.2) is 42.5 Å². The third-order valence-corrected chi connectivity index (χ3v) is 6.57. The highest BCUT2D eigenvalue weighted by Gasteiger charge is 2.46. The van der Waals surface area contributed by atoms with E-state index in [1.54, 1.807) is 14.2 Å². The molecule has 0 amide bonds. The van der Waals surface area contributed by atoms with Gasteiger partial charge in [-0.2, -0.15) is 0 Å². The molecule has 4 rings (SSSR count). The molecule has 2 aliphatic rings. The van der Waals surface area contributed by atoms with Crippen LogP contribution in [-0.2, 0) is 0 Å². The highest BCUT2D eigenvalue weighted by Crippen LogP contribution is 2.51. The summed E-state index contributed by atoms with van der Waals surface area (Å²) in [5, 5.41) is 0. The molecule has 26 heavy (non-hydrogen) atoms. The molecule has 0 N–H and O–H groups in total. The van der Waals surface area contributed by atoms with Crippen LogP contribution in [0.25, 0.3) is 0 Å². The molecule has 2 aliphatic heterocycles. The van der Waals surface area contributed by atoms with Crippen LogP contribution < -0.4 is 9.47 Å². The molecule has 0 radical (unpaired) electrons. The van der Waals surface area contributed by atoms with E-state index in [1.165, 1.54) is 36.0 Å². The van der Waals surface area contributed by atoms with E-state index in [2.05, 4.69) is 61.3 Å². The van der Waals surface area contributed by atoms with Gasteiger partial charge >= 0.3 is 0 Å². The van der Waals surface area contributed by atoms with E-state index in [-0.39, 0.29) is 0 Å². The molecule has 0 aliphatic carbocycles. The number of fused-ring (bicyclic) bond motifs is 2. The summed E-state index contributed by atoms with van der Waals surface area (Å²) < 4.78 is 11.0. The Bertz CT molecular complexity index is 770. The smallest absolute Gasteiger partial charge is 0.160 e. The Kier molecular flexibility index (Phi) is 4.66. The van der Waals surface area contributed by atoms with E-state index >= 15 is 0 Å². The lowest BCUT2D eigenvalue weighted by Crippen LogP contribution is -2.44. The summed E-state index contributed by atoms with van der Waals surface area (Å²) in [6.07, 6.45) is 3.82. The summed E-state index contributed by atoms with van der Waals surface area (Å²) in [7, 11) is 5.72. The summed E-state index contributed by atoms with van der Waals surface area (Å²) >= 11 is 0. The van der Waals surface area contributed by atoms with Gasteiger partial charge in [0.05, 0.1) is 14.2 Å². The SMILES string of the molecule is COc1ccc([C@@H]2C3CC[C@H](C[C@@H]2c2ccc(C)cc2)N3C)cc1OC. The number of piperidine rings is 1. The molecule has 2 saturated heterocycles. The van der Waals surface area contributed by atoms with E-state index in [0.717, 1.165) is 11.5 Å². The molecular weight excluding hydrogens is 322 g/mol. The van der Waals surface area contributed by atoms with Gasteiger partial charge in [0.1, 0.15) is 0 Å². The molecule has 1 unspecified atom stereocenters. The first-order valence-corrected chi connectivity index (χ1v) is 9.62. The Hall–Kier alpha value is -2.00. The number of nitrogens with zero attached hydrogens (tertiary/aromatic N) is 1. The molecule has 0 spiro atoms. The molecule has 2 aromatic rings. The Morgan fingerprint density at radius 3 is 2.27 bits per heavy atom. The molecule has 2 aromatic carbocycles. The zero-order valence-corrected chi connectivity index (χ0v) is 16.2. The molecule has 138 valence electrons. The van der Waals surface area contributed by atoms with Gasteiger partial charge in [-0.05, 0) is 62.4 Å². The monoisotopic (exact) mass is 351 g/mol. The highest BCUT2D eigenvalue weighted by atomic mass is 16.5. The van der Waals surface area contributed by atoms with Crippen molar-refractivity contribution in [1.29, 1.82) is 0 Å². The summed E-state index contributed by atoms with van der Waals surface area (Å²) in [5.74, 6) is 2.68. The van der Waals surface area contributed by atoms with Crippen molar-refractivity contribution >= 4 is 0 Å². The fourth-order valence-corrected chi connectivity index (χ4v) is 5.14. The Balaban J connectivity index is 1.77. The zero-order valence-electron chi connectivity index (χ0n) is 16.2. The molecular formula is C23H29NO2. The fourth-order valence-electron chi connectivity index (χ4n) is 5.14. The number of methoxy groups -OCH3 is 2. The van der Waals surface area contributed by atoms with Crippen LogP contribution >= 0.6 is 0 Å². The summed E-state index contributed by atoms with van der Waals surface area (Å²) in [6, 6.07) is 17.0. The third kappa shape index (κ3) is 2.88. The lowest BCUT2D eigenvalue weighted by atomic mass is 9.72. The second-order valence-corrected chi connectivity index (χ2v) is 7.86. The van der Waals surface area contributed by atoms with Gasteiger partial charge in [-0.15, -0.1) is 0 Å². The zero-order chi connectivity index (χ0) is 18.3. The van der Waals surface area contributed by atoms with Gasteiger partial charge in [0.15, 0.2) is 11.5 Å². The topological polar surface area (TPSA) is 21.7 Å². The Labute approximate surface area is 156 Å². The molecule has 3 nitrogen and oxygen atoms in total. The number of likely N-dealkylation sites (N-methyl/N-ethyl adjacent to an activating group) is 1. The Morgan fingerprint density at radius 2 is 1.58 bits per heavy atom. The minimum atomic E-state index is 0.487. The van der Waals surface area contributed by atoms with Crippen molar-refractivity contribution in [3.63, 3.8) is 0 Å². The average Bonchev–Trinajstić information content (AvgIpc) is 2.90. The third-order valence-electron chi connectivity index (χ3n) is 6.57. The number of aryl methyl sites for hydroxylation is 1. The summed E-state index contributed by atoms with van der Waals surface area (Å²) in [6.45, 7) is 2.16. The van der Waals surface area contributed by atoms with Gasteiger partial charge in [0, 0.05) is 18.0 Å². The van der Waals surface area contributed by atoms with Crippen LogP contribution in [0.5, 0.6) is 11.5 Å². The van der Waals surface area contributed by atoms with Crippen LogP contribution in [-0.4, -0.2) is 38.3 Å². The van der Waals surface area contributed by atoms with Crippen molar-refractivity contribution in [2.24, 2.45) is 0 Å². The predicted octanol–water partition coefficient (Wildman–Crippen LogP) is 4.75. The van der Waals surface area contributed by atoms with Gasteiger partial charge in [-0.3, -0.25) is 4.90 Å². The van der Waals surface area contributed by atoms with Crippen LogP contribution in [0.1, 0.15) is 47.8 Å². The number of rotatable bonds is 4. The quantitative estimate of drug-likeness (QED) is 0.794. The van der Waals surface area contributed by atoms with Gasteiger partial charge < -0.3 is 9.47 Å². The lowest BCUT2D eigenvalue weighted by Gasteiger charge is -2.44. The standard InChI is InChI=1S/C23H29NO2/c1-15-5-7-16(8-6-15)19-14-18-10-11-20(24(18)2)23(19)17-9-12-21(25-3)22(13-17)26-4/h5-9,12-13,18-20,23H,10-11,14H2,1-4H3/t18-,19-,20?,23+/m1/s1.